The average Bonchev–Trinajstić information content (AvgIpc) is 3.03. The third-order valence-electron chi connectivity index (χ3n) is 4.88. The summed E-state index contributed by atoms with van der Waals surface area (Å²) in [5.74, 6) is 1.08. The van der Waals surface area contributed by atoms with E-state index in [1.807, 2.05) is 17.9 Å². The summed E-state index contributed by atoms with van der Waals surface area (Å²) in [5.41, 5.74) is 3.42. The predicted octanol–water partition coefficient (Wildman–Crippen LogP) is 3.35. The van der Waals surface area contributed by atoms with E-state index >= 15 is 0 Å². The first-order valence-electron chi connectivity index (χ1n) is 8.81. The van der Waals surface area contributed by atoms with Crippen LogP contribution in [0.4, 0.5) is 0 Å². The fourth-order valence-corrected chi connectivity index (χ4v) is 4.66. The maximum atomic E-state index is 13.2. The SMILES string of the molecule is COCc1nc(OC)c2c(C)c(C(=O)N3CCc4ccccc4C3)sc2n1. The normalized spacial score (nSPS) is 13.7. The van der Waals surface area contributed by atoms with Crippen LogP contribution in [0.25, 0.3) is 10.2 Å². The van der Waals surface area contributed by atoms with Crippen molar-refractivity contribution in [2.45, 2.75) is 26.5 Å². The van der Waals surface area contributed by atoms with Gasteiger partial charge in [-0.1, -0.05) is 24.3 Å². The number of carbonyl (C=O) groups is 1. The summed E-state index contributed by atoms with van der Waals surface area (Å²) in [5, 5.41) is 0.808. The highest BCUT2D eigenvalue weighted by Gasteiger charge is 2.27. The Kier molecular flexibility index (Phi) is 4.80. The predicted molar refractivity (Wildman–Crippen MR) is 104 cm³/mol. The highest BCUT2D eigenvalue weighted by Crippen LogP contribution is 2.36. The molecule has 1 aliphatic rings. The Bertz CT molecular complexity index is 1020. The highest BCUT2D eigenvalue weighted by atomic mass is 32.1. The van der Waals surface area contributed by atoms with Gasteiger partial charge in [0.1, 0.15) is 11.4 Å². The molecule has 0 saturated heterocycles. The van der Waals surface area contributed by atoms with Crippen molar-refractivity contribution < 1.29 is 14.3 Å². The fraction of sp³-hybridized carbons (Fsp3) is 0.350. The molecule has 6 nitrogen and oxygen atoms in total. The maximum Gasteiger partial charge on any atom is 0.264 e. The van der Waals surface area contributed by atoms with E-state index in [0.717, 1.165) is 28.7 Å². The molecule has 1 amide bonds. The Morgan fingerprint density at radius 3 is 2.74 bits per heavy atom. The van der Waals surface area contributed by atoms with Gasteiger partial charge in [-0.3, -0.25) is 4.79 Å². The van der Waals surface area contributed by atoms with Gasteiger partial charge in [0, 0.05) is 20.2 Å². The molecule has 0 spiro atoms. The van der Waals surface area contributed by atoms with E-state index in [2.05, 4.69) is 28.2 Å². The molecule has 140 valence electrons. The molecule has 0 saturated carbocycles. The molecule has 7 heteroatoms. The van der Waals surface area contributed by atoms with Crippen molar-refractivity contribution >= 4 is 27.5 Å². The summed E-state index contributed by atoms with van der Waals surface area (Å²) in [6.45, 7) is 3.60. The van der Waals surface area contributed by atoms with Crippen LogP contribution in [0, 0.1) is 6.92 Å². The van der Waals surface area contributed by atoms with Crippen LogP contribution in [0.3, 0.4) is 0 Å². The number of hydrogen-bond acceptors (Lipinski definition) is 6. The van der Waals surface area contributed by atoms with E-state index in [1.165, 1.54) is 22.5 Å². The molecule has 0 unspecified atom stereocenters. The minimum absolute atomic E-state index is 0.0420. The molecule has 0 N–H and O–H groups in total. The fourth-order valence-electron chi connectivity index (χ4n) is 3.50. The van der Waals surface area contributed by atoms with E-state index < -0.39 is 0 Å². The summed E-state index contributed by atoms with van der Waals surface area (Å²) in [7, 11) is 3.18. The number of ether oxygens (including phenoxy) is 2. The maximum absolute atomic E-state index is 13.2. The quantitative estimate of drug-likeness (QED) is 0.691. The molecule has 0 fully saturated rings. The van der Waals surface area contributed by atoms with Gasteiger partial charge >= 0.3 is 0 Å². The summed E-state index contributed by atoms with van der Waals surface area (Å²) < 4.78 is 10.6. The monoisotopic (exact) mass is 383 g/mol. The molecule has 3 heterocycles. The van der Waals surface area contributed by atoms with Crippen molar-refractivity contribution in [2.75, 3.05) is 20.8 Å². The van der Waals surface area contributed by atoms with Crippen molar-refractivity contribution in [3.8, 4) is 5.88 Å². The van der Waals surface area contributed by atoms with Crippen LogP contribution in [0.2, 0.25) is 0 Å². The molecule has 0 atom stereocenters. The second-order valence-corrected chi connectivity index (χ2v) is 7.56. The lowest BCUT2D eigenvalue weighted by Gasteiger charge is -2.28. The van der Waals surface area contributed by atoms with Crippen LogP contribution in [-0.4, -0.2) is 41.5 Å². The second-order valence-electron chi connectivity index (χ2n) is 6.56. The second kappa shape index (κ2) is 7.25. The Balaban J connectivity index is 1.71. The molecule has 0 radical (unpaired) electrons. The van der Waals surface area contributed by atoms with Gasteiger partial charge in [0.2, 0.25) is 5.88 Å². The first-order chi connectivity index (χ1) is 13.1. The molecular weight excluding hydrogens is 362 g/mol. The molecule has 1 aromatic carbocycles. The first kappa shape index (κ1) is 17.9. The van der Waals surface area contributed by atoms with Crippen LogP contribution in [-0.2, 0) is 24.3 Å². The number of amides is 1. The van der Waals surface area contributed by atoms with Crippen LogP contribution in [0.5, 0.6) is 5.88 Å². The van der Waals surface area contributed by atoms with Crippen molar-refractivity contribution in [1.29, 1.82) is 0 Å². The van der Waals surface area contributed by atoms with Crippen molar-refractivity contribution in [2.24, 2.45) is 0 Å². The third kappa shape index (κ3) is 3.17. The molecule has 3 aromatic rings. The van der Waals surface area contributed by atoms with E-state index in [9.17, 15) is 4.79 Å². The van der Waals surface area contributed by atoms with Crippen LogP contribution in [0.15, 0.2) is 24.3 Å². The standard InChI is InChI=1S/C20H21N3O3S/c1-12-16-18(26-3)21-15(11-25-2)22-19(16)27-17(12)20(24)23-9-8-13-6-4-5-7-14(13)10-23/h4-7H,8-11H2,1-3H3. The van der Waals surface area contributed by atoms with Gasteiger partial charge in [0.05, 0.1) is 17.4 Å². The van der Waals surface area contributed by atoms with Gasteiger partial charge < -0.3 is 14.4 Å². The summed E-state index contributed by atoms with van der Waals surface area (Å²) in [6.07, 6.45) is 0.882. The van der Waals surface area contributed by atoms with Crippen molar-refractivity contribution in [3.05, 3.63) is 51.7 Å². The molecule has 27 heavy (non-hydrogen) atoms. The number of nitrogens with zero attached hydrogens (tertiary/aromatic N) is 3. The smallest absolute Gasteiger partial charge is 0.264 e. The van der Waals surface area contributed by atoms with E-state index in [0.29, 0.717) is 29.7 Å². The minimum atomic E-state index is 0.0420. The number of aromatic nitrogens is 2. The summed E-state index contributed by atoms with van der Waals surface area (Å²) in [6, 6.07) is 8.31. The van der Waals surface area contributed by atoms with Gasteiger partial charge in [-0.05, 0) is 30.0 Å². The molecular formula is C20H21N3O3S. The molecule has 2 aromatic heterocycles. The number of fused-ring (bicyclic) bond motifs is 2. The average molecular weight is 383 g/mol. The largest absolute Gasteiger partial charge is 0.480 e. The lowest BCUT2D eigenvalue weighted by molar-refractivity contribution is 0.0739. The minimum Gasteiger partial charge on any atom is -0.480 e. The zero-order valence-corrected chi connectivity index (χ0v) is 16.4. The van der Waals surface area contributed by atoms with Gasteiger partial charge in [0.25, 0.3) is 5.91 Å². The zero-order valence-electron chi connectivity index (χ0n) is 15.6. The lowest BCUT2D eigenvalue weighted by Crippen LogP contribution is -2.35. The van der Waals surface area contributed by atoms with E-state index in [-0.39, 0.29) is 5.91 Å². The van der Waals surface area contributed by atoms with Gasteiger partial charge in [0.15, 0.2) is 5.82 Å². The first-order valence-corrected chi connectivity index (χ1v) is 9.63. The number of carbonyl (C=O) groups excluding carboxylic acids is 1. The number of methoxy groups -OCH3 is 2. The van der Waals surface area contributed by atoms with Crippen LogP contribution < -0.4 is 4.74 Å². The van der Waals surface area contributed by atoms with Crippen LogP contribution >= 0.6 is 11.3 Å². The van der Waals surface area contributed by atoms with Crippen molar-refractivity contribution in [3.63, 3.8) is 0 Å². The number of thiophene rings is 1. The molecule has 1 aliphatic heterocycles. The Labute approximate surface area is 161 Å². The van der Waals surface area contributed by atoms with E-state index in [1.54, 1.807) is 14.2 Å². The molecule has 0 aliphatic carbocycles. The molecule has 0 bridgehead atoms. The number of hydrogen-bond donors (Lipinski definition) is 0. The Hall–Kier alpha value is -2.51. The van der Waals surface area contributed by atoms with Gasteiger partial charge in [-0.2, -0.15) is 4.98 Å². The summed E-state index contributed by atoms with van der Waals surface area (Å²) >= 11 is 1.40. The van der Waals surface area contributed by atoms with E-state index in [4.69, 9.17) is 9.47 Å². The Morgan fingerprint density at radius 2 is 2.00 bits per heavy atom. The highest BCUT2D eigenvalue weighted by molar-refractivity contribution is 7.20. The third-order valence-corrected chi connectivity index (χ3v) is 6.06. The number of aryl methyl sites for hydroxylation is 1. The van der Waals surface area contributed by atoms with Crippen molar-refractivity contribution in [1.82, 2.24) is 14.9 Å². The van der Waals surface area contributed by atoms with Gasteiger partial charge in [-0.25, -0.2) is 4.98 Å². The summed E-state index contributed by atoms with van der Waals surface area (Å²) in [4.78, 5) is 25.6. The Morgan fingerprint density at radius 1 is 1.22 bits per heavy atom. The topological polar surface area (TPSA) is 64.6 Å². The number of rotatable bonds is 4. The van der Waals surface area contributed by atoms with Crippen LogP contribution in [0.1, 0.15) is 32.2 Å². The molecule has 4 rings (SSSR count). The lowest BCUT2D eigenvalue weighted by atomic mass is 9.99. The number of benzene rings is 1. The van der Waals surface area contributed by atoms with Gasteiger partial charge in [-0.15, -0.1) is 11.3 Å². The zero-order chi connectivity index (χ0) is 19.0.